The number of ether oxygens (including phenoxy) is 3. The van der Waals surface area contributed by atoms with Gasteiger partial charge in [-0.25, -0.2) is 19.2 Å². The van der Waals surface area contributed by atoms with Crippen LogP contribution >= 0.6 is 0 Å². The van der Waals surface area contributed by atoms with E-state index in [2.05, 4.69) is 19.7 Å². The quantitative estimate of drug-likeness (QED) is 0.355. The molecule has 0 heterocycles. The van der Waals surface area contributed by atoms with Gasteiger partial charge in [-0.05, 0) is 13.0 Å². The monoisotopic (exact) mass is 338 g/mol. The second-order valence-electron chi connectivity index (χ2n) is 4.27. The third-order valence-electron chi connectivity index (χ3n) is 2.53. The SMILES string of the molecule is C=CC(=O)OCC(OC(=O)C=C)C(C=C(C)C(=O)O)OC(=O)C=C. The van der Waals surface area contributed by atoms with Gasteiger partial charge in [0.15, 0.2) is 12.2 Å². The first-order chi connectivity index (χ1) is 11.2. The van der Waals surface area contributed by atoms with Gasteiger partial charge in [0.2, 0.25) is 0 Å². The Balaban J connectivity index is 5.55. The van der Waals surface area contributed by atoms with E-state index in [-0.39, 0.29) is 5.57 Å². The van der Waals surface area contributed by atoms with Gasteiger partial charge in [-0.1, -0.05) is 19.7 Å². The molecule has 0 bridgehead atoms. The lowest BCUT2D eigenvalue weighted by Crippen LogP contribution is -2.38. The van der Waals surface area contributed by atoms with Gasteiger partial charge in [-0.3, -0.25) is 0 Å². The van der Waals surface area contributed by atoms with Crippen LogP contribution in [0.5, 0.6) is 0 Å². The molecule has 0 aromatic carbocycles. The zero-order valence-electron chi connectivity index (χ0n) is 13.1. The number of hydrogen-bond acceptors (Lipinski definition) is 7. The van der Waals surface area contributed by atoms with Crippen molar-refractivity contribution in [2.75, 3.05) is 6.61 Å². The summed E-state index contributed by atoms with van der Waals surface area (Å²) in [7, 11) is 0. The number of esters is 3. The van der Waals surface area contributed by atoms with Crippen molar-refractivity contribution < 1.29 is 38.5 Å². The highest BCUT2D eigenvalue weighted by molar-refractivity contribution is 5.86. The second-order valence-corrected chi connectivity index (χ2v) is 4.27. The van der Waals surface area contributed by atoms with E-state index in [0.29, 0.717) is 0 Å². The van der Waals surface area contributed by atoms with Crippen LogP contribution in [-0.2, 0) is 33.4 Å². The summed E-state index contributed by atoms with van der Waals surface area (Å²) in [5.74, 6) is -3.84. The van der Waals surface area contributed by atoms with E-state index in [9.17, 15) is 19.2 Å². The molecule has 2 atom stereocenters. The van der Waals surface area contributed by atoms with Crippen molar-refractivity contribution in [3.63, 3.8) is 0 Å². The van der Waals surface area contributed by atoms with Gasteiger partial charge in [-0.15, -0.1) is 0 Å². The van der Waals surface area contributed by atoms with E-state index in [1.807, 2.05) is 0 Å². The molecule has 0 saturated heterocycles. The predicted octanol–water partition coefficient (Wildman–Crippen LogP) is 0.942. The maximum absolute atomic E-state index is 11.4. The molecule has 0 rings (SSSR count). The normalized spacial score (nSPS) is 13.0. The minimum absolute atomic E-state index is 0.174. The summed E-state index contributed by atoms with van der Waals surface area (Å²) >= 11 is 0. The first kappa shape index (κ1) is 20.8. The van der Waals surface area contributed by atoms with Crippen molar-refractivity contribution in [3.05, 3.63) is 49.6 Å². The molecule has 0 radical (unpaired) electrons. The average molecular weight is 338 g/mol. The van der Waals surface area contributed by atoms with Crippen LogP contribution in [0.25, 0.3) is 0 Å². The maximum Gasteiger partial charge on any atom is 0.331 e. The largest absolute Gasteiger partial charge is 0.478 e. The van der Waals surface area contributed by atoms with Gasteiger partial charge in [0, 0.05) is 23.8 Å². The van der Waals surface area contributed by atoms with Crippen LogP contribution in [0.15, 0.2) is 49.6 Å². The van der Waals surface area contributed by atoms with E-state index >= 15 is 0 Å². The molecule has 0 fully saturated rings. The number of rotatable bonds is 10. The van der Waals surface area contributed by atoms with Crippen LogP contribution in [0.3, 0.4) is 0 Å². The number of carbonyl (C=O) groups is 4. The van der Waals surface area contributed by atoms with E-state index in [4.69, 9.17) is 19.3 Å². The average Bonchev–Trinajstić information content (AvgIpc) is 2.56. The highest BCUT2D eigenvalue weighted by atomic mass is 16.6. The molecule has 0 spiro atoms. The van der Waals surface area contributed by atoms with E-state index in [1.54, 1.807) is 0 Å². The van der Waals surface area contributed by atoms with Crippen LogP contribution in [0.4, 0.5) is 0 Å². The van der Waals surface area contributed by atoms with Crippen molar-refractivity contribution in [2.45, 2.75) is 19.1 Å². The minimum atomic E-state index is -1.33. The second kappa shape index (κ2) is 10.5. The summed E-state index contributed by atoms with van der Waals surface area (Å²) in [5, 5.41) is 8.94. The molecule has 0 aliphatic carbocycles. The molecule has 130 valence electrons. The molecular weight excluding hydrogens is 320 g/mol. The predicted molar refractivity (Wildman–Crippen MR) is 82.7 cm³/mol. The maximum atomic E-state index is 11.4. The summed E-state index contributed by atoms with van der Waals surface area (Å²) in [6.45, 7) is 10.4. The van der Waals surface area contributed by atoms with Gasteiger partial charge in [-0.2, -0.15) is 0 Å². The Kier molecular flexibility index (Phi) is 9.16. The summed E-state index contributed by atoms with van der Waals surface area (Å²) in [5.41, 5.74) is -0.174. The van der Waals surface area contributed by atoms with Crippen molar-refractivity contribution >= 4 is 23.9 Å². The van der Waals surface area contributed by atoms with Crippen LogP contribution in [-0.4, -0.2) is 47.8 Å². The molecule has 0 aromatic heterocycles. The smallest absolute Gasteiger partial charge is 0.331 e. The molecule has 0 aliphatic heterocycles. The summed E-state index contributed by atoms with van der Waals surface area (Å²) in [6.07, 6.45) is 1.01. The van der Waals surface area contributed by atoms with Crippen LogP contribution in [0.2, 0.25) is 0 Å². The number of carbonyl (C=O) groups excluding carboxylic acids is 3. The summed E-state index contributed by atoms with van der Waals surface area (Å²) < 4.78 is 14.7. The van der Waals surface area contributed by atoms with Gasteiger partial charge in [0.1, 0.15) is 6.61 Å². The standard InChI is InChI=1S/C16H18O8/c1-5-13(17)22-9-12(24-15(19)7-3)11(23-14(18)6-2)8-10(4)16(20)21/h5-8,11-12H,1-3,9H2,4H3,(H,20,21). The molecule has 0 aromatic rings. The molecule has 1 N–H and O–H groups in total. The van der Waals surface area contributed by atoms with Crippen LogP contribution in [0, 0.1) is 0 Å². The van der Waals surface area contributed by atoms with Gasteiger partial charge in [0.05, 0.1) is 0 Å². The summed E-state index contributed by atoms with van der Waals surface area (Å²) in [4.78, 5) is 45.0. The first-order valence-electron chi connectivity index (χ1n) is 6.62. The molecule has 0 saturated carbocycles. The molecule has 0 aliphatic rings. The van der Waals surface area contributed by atoms with E-state index in [0.717, 1.165) is 24.3 Å². The highest BCUT2D eigenvalue weighted by Crippen LogP contribution is 2.12. The lowest BCUT2D eigenvalue weighted by Gasteiger charge is -2.24. The Morgan fingerprint density at radius 3 is 1.92 bits per heavy atom. The van der Waals surface area contributed by atoms with Gasteiger partial charge >= 0.3 is 23.9 Å². The molecule has 8 heteroatoms. The number of carboxylic acids is 1. The third-order valence-corrected chi connectivity index (χ3v) is 2.53. The Morgan fingerprint density at radius 2 is 1.46 bits per heavy atom. The number of aliphatic carboxylic acids is 1. The lowest BCUT2D eigenvalue weighted by atomic mass is 10.1. The van der Waals surface area contributed by atoms with Crippen LogP contribution in [0.1, 0.15) is 6.92 Å². The van der Waals surface area contributed by atoms with Crippen molar-refractivity contribution in [1.82, 2.24) is 0 Å². The van der Waals surface area contributed by atoms with Crippen molar-refractivity contribution in [2.24, 2.45) is 0 Å². The third kappa shape index (κ3) is 7.74. The zero-order valence-corrected chi connectivity index (χ0v) is 13.1. The molecule has 8 nitrogen and oxygen atoms in total. The molecule has 2 unspecified atom stereocenters. The first-order valence-corrected chi connectivity index (χ1v) is 6.62. The Bertz CT molecular complexity index is 573. The Morgan fingerprint density at radius 1 is 0.958 bits per heavy atom. The van der Waals surface area contributed by atoms with Crippen molar-refractivity contribution in [1.29, 1.82) is 0 Å². The molecular formula is C16H18O8. The highest BCUT2D eigenvalue weighted by Gasteiger charge is 2.28. The number of carboxylic acid groups (broad SMARTS) is 1. The Labute approximate surface area is 138 Å². The molecule has 0 amide bonds. The fraction of sp³-hybridized carbons (Fsp3) is 0.250. The van der Waals surface area contributed by atoms with E-state index in [1.165, 1.54) is 6.92 Å². The van der Waals surface area contributed by atoms with Gasteiger partial charge < -0.3 is 19.3 Å². The number of hydrogen-bond donors (Lipinski definition) is 1. The van der Waals surface area contributed by atoms with E-state index < -0.39 is 42.7 Å². The summed E-state index contributed by atoms with van der Waals surface area (Å²) in [6, 6.07) is 0. The van der Waals surface area contributed by atoms with Crippen molar-refractivity contribution in [3.8, 4) is 0 Å². The van der Waals surface area contributed by atoms with Crippen LogP contribution < -0.4 is 0 Å². The zero-order chi connectivity index (χ0) is 18.7. The van der Waals surface area contributed by atoms with Gasteiger partial charge in [0.25, 0.3) is 0 Å². The Hall–Kier alpha value is -3.16. The topological polar surface area (TPSA) is 116 Å². The lowest BCUT2D eigenvalue weighted by molar-refractivity contribution is -0.165. The fourth-order valence-electron chi connectivity index (χ4n) is 1.33. The molecule has 24 heavy (non-hydrogen) atoms. The minimum Gasteiger partial charge on any atom is -0.478 e. The fourth-order valence-corrected chi connectivity index (χ4v) is 1.33.